The molecule has 2 aromatic rings. The molecule has 4 nitrogen and oxygen atoms in total. The van der Waals surface area contributed by atoms with Crippen molar-refractivity contribution in [3.05, 3.63) is 54.1 Å². The summed E-state index contributed by atoms with van der Waals surface area (Å²) < 4.78 is 0. The lowest BCUT2D eigenvalue weighted by atomic mass is 9.49. The second kappa shape index (κ2) is 8.68. The summed E-state index contributed by atoms with van der Waals surface area (Å²) in [5, 5.41) is 4.02. The molecule has 6 rings (SSSR count). The Bertz CT molecular complexity index is 987. The van der Waals surface area contributed by atoms with E-state index in [2.05, 4.69) is 48.3 Å². The van der Waals surface area contributed by atoms with E-state index in [4.69, 9.17) is 0 Å². The van der Waals surface area contributed by atoms with Gasteiger partial charge in [0.25, 0.3) is 0 Å². The molecule has 2 bridgehead atoms. The Morgan fingerprint density at radius 3 is 2.59 bits per heavy atom. The van der Waals surface area contributed by atoms with Crippen molar-refractivity contribution in [2.75, 3.05) is 32.0 Å². The third-order valence-corrected chi connectivity index (χ3v) is 9.36. The van der Waals surface area contributed by atoms with Gasteiger partial charge in [0.1, 0.15) is 0 Å². The van der Waals surface area contributed by atoms with Crippen molar-refractivity contribution in [2.24, 2.45) is 17.3 Å². The van der Waals surface area contributed by atoms with Gasteiger partial charge in [-0.3, -0.25) is 10.2 Å². The van der Waals surface area contributed by atoms with Crippen molar-refractivity contribution < 1.29 is 4.79 Å². The predicted octanol–water partition coefficient (Wildman–Crippen LogP) is 6.34. The lowest BCUT2D eigenvalue weighted by Gasteiger charge is -2.57. The van der Waals surface area contributed by atoms with Gasteiger partial charge in [0.15, 0.2) is 0 Å². The molecule has 1 N–H and O–H groups in total. The highest BCUT2D eigenvalue weighted by Gasteiger charge is 2.51. The van der Waals surface area contributed by atoms with E-state index in [1.54, 1.807) is 16.9 Å². The molecule has 3 aliphatic carbocycles. The molecular formula is C27H35N3OS. The molecule has 2 atom stereocenters. The minimum atomic E-state index is 0.00200. The zero-order valence-electron chi connectivity index (χ0n) is 19.5. The van der Waals surface area contributed by atoms with Crippen LogP contribution < -0.4 is 5.32 Å². The van der Waals surface area contributed by atoms with Crippen molar-refractivity contribution >= 4 is 22.4 Å². The number of amides is 2. The zero-order chi connectivity index (χ0) is 22.3. The van der Waals surface area contributed by atoms with E-state index in [1.165, 1.54) is 23.3 Å². The van der Waals surface area contributed by atoms with Gasteiger partial charge in [-0.05, 0) is 60.6 Å². The fourth-order valence-electron chi connectivity index (χ4n) is 5.90. The lowest BCUT2D eigenvalue weighted by molar-refractivity contribution is -0.0116. The van der Waals surface area contributed by atoms with Crippen LogP contribution in [0.4, 0.5) is 9.80 Å². The number of nitrogens with zero attached hydrogens (tertiary/aromatic N) is 2. The summed E-state index contributed by atoms with van der Waals surface area (Å²) in [6.07, 6.45) is 7.29. The predicted molar refractivity (Wildman–Crippen MR) is 134 cm³/mol. The van der Waals surface area contributed by atoms with Gasteiger partial charge >= 0.3 is 6.03 Å². The average Bonchev–Trinajstić information content (AvgIpc) is 3.28. The molecule has 0 radical (unpaired) electrons. The van der Waals surface area contributed by atoms with Gasteiger partial charge in [-0.15, -0.1) is 11.3 Å². The lowest BCUT2D eigenvalue weighted by Crippen LogP contribution is -2.51. The number of carbonyl (C=O) groups excluding carboxylic acids is 1. The number of urea groups is 1. The number of nitrogens with one attached hydrogen (secondary N) is 1. The number of hydrogen-bond acceptors (Lipinski definition) is 3. The largest absolute Gasteiger partial charge is 0.324 e. The minimum absolute atomic E-state index is 0.00200. The third kappa shape index (κ3) is 4.13. The Morgan fingerprint density at radius 1 is 1.16 bits per heavy atom. The van der Waals surface area contributed by atoms with E-state index in [0.717, 1.165) is 49.3 Å². The highest BCUT2D eigenvalue weighted by Crippen LogP contribution is 2.59. The average molecular weight is 450 g/mol. The van der Waals surface area contributed by atoms with Gasteiger partial charge < -0.3 is 4.90 Å². The Balaban J connectivity index is 1.11. The fraction of sp³-hybridized carbons (Fsp3) is 0.519. The quantitative estimate of drug-likeness (QED) is 0.541. The van der Waals surface area contributed by atoms with Crippen LogP contribution in [-0.2, 0) is 0 Å². The fourth-order valence-corrected chi connectivity index (χ4v) is 6.80. The zero-order valence-corrected chi connectivity index (χ0v) is 20.3. The molecule has 170 valence electrons. The second-order valence-electron chi connectivity index (χ2n) is 10.4. The first-order chi connectivity index (χ1) is 15.4. The molecule has 32 heavy (non-hydrogen) atoms. The van der Waals surface area contributed by atoms with Crippen molar-refractivity contribution in [2.45, 2.75) is 45.6 Å². The number of fused-ring (bicyclic) bond motifs is 1. The van der Waals surface area contributed by atoms with E-state index in [1.807, 2.05) is 36.2 Å². The van der Waals surface area contributed by atoms with E-state index < -0.39 is 0 Å². The molecule has 4 aliphatic rings. The van der Waals surface area contributed by atoms with Gasteiger partial charge in [-0.25, -0.2) is 4.79 Å². The van der Waals surface area contributed by atoms with E-state index in [0.29, 0.717) is 11.5 Å². The van der Waals surface area contributed by atoms with Crippen molar-refractivity contribution in [1.29, 1.82) is 0 Å². The summed E-state index contributed by atoms with van der Waals surface area (Å²) in [5.74, 6) is 1.69. The molecule has 1 saturated heterocycles. The first-order valence-corrected chi connectivity index (χ1v) is 12.8. The maximum Gasteiger partial charge on any atom is 0.322 e. The van der Waals surface area contributed by atoms with E-state index >= 15 is 0 Å². The van der Waals surface area contributed by atoms with Gasteiger partial charge in [-0.1, -0.05) is 55.8 Å². The molecule has 5 heteroatoms. The van der Waals surface area contributed by atoms with Gasteiger partial charge in [-0.2, -0.15) is 0 Å². The summed E-state index contributed by atoms with van der Waals surface area (Å²) >= 11 is 1.63. The minimum Gasteiger partial charge on any atom is -0.324 e. The molecule has 2 unspecified atom stereocenters. The summed E-state index contributed by atoms with van der Waals surface area (Å²) in [7, 11) is 1.95. The first-order valence-electron chi connectivity index (χ1n) is 12.0. The number of hydrogen-bond donors (Lipinski definition) is 1. The second-order valence-corrected chi connectivity index (χ2v) is 11.5. The third-order valence-electron chi connectivity index (χ3n) is 8.31. The van der Waals surface area contributed by atoms with Crippen molar-refractivity contribution in [3.8, 4) is 10.4 Å². The summed E-state index contributed by atoms with van der Waals surface area (Å²) in [4.78, 5) is 18.6. The van der Waals surface area contributed by atoms with Crippen LogP contribution in [0.25, 0.3) is 10.4 Å². The smallest absolute Gasteiger partial charge is 0.322 e. The highest BCUT2D eigenvalue weighted by molar-refractivity contribution is 7.19. The van der Waals surface area contributed by atoms with Crippen molar-refractivity contribution in [1.82, 2.24) is 9.80 Å². The summed E-state index contributed by atoms with van der Waals surface area (Å²) in [5.41, 5.74) is 3.37. The summed E-state index contributed by atoms with van der Waals surface area (Å²) in [6, 6.07) is 14.7. The molecule has 1 aliphatic heterocycles. The Kier molecular flexibility index (Phi) is 5.89. The number of likely N-dealkylation sites (tertiary alicyclic amines) is 1. The Hall–Kier alpha value is -2.11. The number of piperidine rings is 1. The number of thiophene rings is 1. The van der Waals surface area contributed by atoms with Crippen LogP contribution >= 0.6 is 11.3 Å². The van der Waals surface area contributed by atoms with Gasteiger partial charge in [0.05, 0.1) is 5.00 Å². The topological polar surface area (TPSA) is 35.6 Å². The Labute approximate surface area is 196 Å². The molecular weight excluding hydrogens is 414 g/mol. The van der Waals surface area contributed by atoms with Gasteiger partial charge in [0, 0.05) is 37.6 Å². The first kappa shape index (κ1) is 21.7. The van der Waals surface area contributed by atoms with E-state index in [9.17, 15) is 4.79 Å². The van der Waals surface area contributed by atoms with Crippen LogP contribution in [0.2, 0.25) is 0 Å². The normalized spacial score (nSPS) is 25.0. The number of benzene rings is 1. The Morgan fingerprint density at radius 2 is 1.91 bits per heavy atom. The highest BCUT2D eigenvalue weighted by atomic mass is 32.1. The maximum absolute atomic E-state index is 12.9. The molecule has 1 aromatic carbocycles. The van der Waals surface area contributed by atoms with Gasteiger partial charge in [0.2, 0.25) is 0 Å². The van der Waals surface area contributed by atoms with Crippen molar-refractivity contribution in [3.63, 3.8) is 0 Å². The molecule has 1 saturated carbocycles. The number of rotatable bonds is 5. The van der Waals surface area contributed by atoms with Crippen LogP contribution in [0, 0.1) is 17.3 Å². The van der Waals surface area contributed by atoms with E-state index in [-0.39, 0.29) is 6.03 Å². The summed E-state index contributed by atoms with van der Waals surface area (Å²) in [6.45, 7) is 8.19. The molecule has 2 fully saturated rings. The number of carbonyl (C=O) groups is 1. The van der Waals surface area contributed by atoms with Crippen LogP contribution in [0.1, 0.15) is 39.5 Å². The maximum atomic E-state index is 12.9. The SMILES string of the molecule is CN(C(=O)Nc1ccc(-c2ccccc2)s1)C1CCN(CC2=CCC3CC2C3(C)C)CC1. The van der Waals surface area contributed by atoms with Crippen LogP contribution in [0.3, 0.4) is 0 Å². The number of allylic oxidation sites excluding steroid dienone is 1. The molecule has 2 heterocycles. The van der Waals surface area contributed by atoms with Crippen LogP contribution in [0.5, 0.6) is 0 Å². The monoisotopic (exact) mass is 449 g/mol. The molecule has 1 aromatic heterocycles. The van der Waals surface area contributed by atoms with Crippen LogP contribution in [-0.4, -0.2) is 48.6 Å². The standard InChI is InChI=1S/C27H35N3OS/c1-27(2)21-10-9-20(23(27)17-21)18-30-15-13-22(14-16-30)29(3)26(31)28-25-12-11-24(32-25)19-7-5-4-6-8-19/h4-9,11-12,21-23H,10,13-18H2,1-3H3,(H,28,31). The van der Waals surface area contributed by atoms with Crippen LogP contribution in [0.15, 0.2) is 54.1 Å². The molecule has 2 amide bonds. The number of anilines is 1. The molecule has 0 spiro atoms.